The van der Waals surface area contributed by atoms with Crippen LogP contribution in [0.4, 0.5) is 0 Å². The Labute approximate surface area is 108 Å². The SMILES string of the molecule is C.C.C.CO[Si](C)(OCO)O[Si](C)(C)OCO. The minimum absolute atomic E-state index is 0. The van der Waals surface area contributed by atoms with Gasteiger partial charge >= 0.3 is 17.4 Å². The van der Waals surface area contributed by atoms with Crippen molar-refractivity contribution in [1.29, 1.82) is 0 Å². The Balaban J connectivity index is -0.000000282. The third kappa shape index (κ3) is 11.0. The zero-order valence-corrected chi connectivity index (χ0v) is 10.9. The number of aliphatic hydroxyl groups excluding tert-OH is 2. The molecule has 0 rings (SSSR count). The second-order valence-corrected chi connectivity index (χ2v) is 9.44. The summed E-state index contributed by atoms with van der Waals surface area (Å²) in [5, 5.41) is 17.3. The molecule has 0 amide bonds. The second kappa shape index (κ2) is 11.3. The molecule has 1 unspecified atom stereocenters. The summed E-state index contributed by atoms with van der Waals surface area (Å²) in [6.07, 6.45) is 0. The van der Waals surface area contributed by atoms with E-state index in [4.69, 9.17) is 27.6 Å². The van der Waals surface area contributed by atoms with Crippen molar-refractivity contribution in [2.75, 3.05) is 20.7 Å². The van der Waals surface area contributed by atoms with Gasteiger partial charge < -0.3 is 27.6 Å². The van der Waals surface area contributed by atoms with Gasteiger partial charge in [-0.05, 0) is 13.1 Å². The minimum atomic E-state index is -2.82. The first-order valence-electron chi connectivity index (χ1n) is 4.14. The molecule has 0 aliphatic rings. The van der Waals surface area contributed by atoms with E-state index in [2.05, 4.69) is 0 Å². The molecule has 17 heavy (non-hydrogen) atoms. The summed E-state index contributed by atoms with van der Waals surface area (Å²) in [6.45, 7) is 4.31. The molecule has 2 N–H and O–H groups in total. The smallest absolute Gasteiger partial charge is 0.393 e. The molecular weight excluding hydrogens is 260 g/mol. The molecule has 6 nitrogen and oxygen atoms in total. The zero-order valence-electron chi connectivity index (χ0n) is 8.94. The second-order valence-electron chi connectivity index (χ2n) is 3.12. The quantitative estimate of drug-likeness (QED) is 0.549. The van der Waals surface area contributed by atoms with Crippen molar-refractivity contribution in [3.05, 3.63) is 0 Å². The highest BCUT2D eigenvalue weighted by atomic mass is 28.5. The van der Waals surface area contributed by atoms with Gasteiger partial charge in [-0.15, -0.1) is 0 Å². The van der Waals surface area contributed by atoms with Crippen LogP contribution in [-0.4, -0.2) is 48.3 Å². The van der Waals surface area contributed by atoms with Gasteiger partial charge in [-0.1, -0.05) is 22.3 Å². The molecule has 0 saturated heterocycles. The van der Waals surface area contributed by atoms with Gasteiger partial charge in [0.05, 0.1) is 0 Å². The Morgan fingerprint density at radius 3 is 1.59 bits per heavy atom. The molecule has 0 aromatic carbocycles. The van der Waals surface area contributed by atoms with E-state index in [9.17, 15) is 0 Å². The van der Waals surface area contributed by atoms with Crippen LogP contribution in [0.15, 0.2) is 0 Å². The molecule has 0 spiro atoms. The third-order valence-electron chi connectivity index (χ3n) is 1.54. The van der Waals surface area contributed by atoms with E-state index < -0.39 is 31.0 Å². The maximum Gasteiger partial charge on any atom is 0.490 e. The fourth-order valence-electron chi connectivity index (χ4n) is 0.879. The number of hydrogen-bond donors (Lipinski definition) is 2. The first kappa shape index (κ1) is 25.9. The lowest BCUT2D eigenvalue weighted by atomic mass is 11.6. The first-order valence-corrected chi connectivity index (χ1v) is 9.18. The van der Waals surface area contributed by atoms with E-state index in [0.29, 0.717) is 0 Å². The van der Waals surface area contributed by atoms with Crippen LogP contribution in [0.1, 0.15) is 22.3 Å². The lowest BCUT2D eigenvalue weighted by Crippen LogP contribution is -2.52. The molecule has 0 saturated carbocycles. The van der Waals surface area contributed by atoms with Crippen LogP contribution < -0.4 is 0 Å². The van der Waals surface area contributed by atoms with Gasteiger partial charge in [0, 0.05) is 13.7 Å². The Kier molecular flexibility index (Phi) is 17.2. The van der Waals surface area contributed by atoms with Crippen molar-refractivity contribution in [3.8, 4) is 0 Å². The monoisotopic (exact) mass is 290 g/mol. The molecule has 0 aromatic rings. The lowest BCUT2D eigenvalue weighted by molar-refractivity contribution is 0.0165. The summed E-state index contributed by atoms with van der Waals surface area (Å²) in [7, 11) is -3.82. The zero-order chi connectivity index (χ0) is 11.2. The molecule has 0 fully saturated rings. The van der Waals surface area contributed by atoms with E-state index in [1.54, 1.807) is 19.6 Å². The maximum atomic E-state index is 8.64. The highest BCUT2D eigenvalue weighted by Crippen LogP contribution is 2.16. The largest absolute Gasteiger partial charge is 0.490 e. The molecule has 0 radical (unpaired) electrons. The molecule has 0 aliphatic heterocycles. The van der Waals surface area contributed by atoms with Gasteiger partial charge in [-0.3, -0.25) is 0 Å². The minimum Gasteiger partial charge on any atom is -0.393 e. The summed E-state index contributed by atoms with van der Waals surface area (Å²) >= 11 is 0. The van der Waals surface area contributed by atoms with Crippen LogP contribution in [0.5, 0.6) is 0 Å². The Morgan fingerprint density at radius 1 is 0.882 bits per heavy atom. The summed E-state index contributed by atoms with van der Waals surface area (Å²) in [5.41, 5.74) is 0. The molecule has 0 bridgehead atoms. The van der Waals surface area contributed by atoms with Crippen molar-refractivity contribution >= 4 is 17.4 Å². The van der Waals surface area contributed by atoms with Crippen molar-refractivity contribution in [3.63, 3.8) is 0 Å². The van der Waals surface area contributed by atoms with Crippen LogP contribution in [0, 0.1) is 0 Å². The number of hydrogen-bond acceptors (Lipinski definition) is 6. The summed E-state index contributed by atoms with van der Waals surface area (Å²) in [5.74, 6) is 0. The van der Waals surface area contributed by atoms with Crippen LogP contribution in [-0.2, 0) is 17.4 Å². The fourth-order valence-corrected chi connectivity index (χ4v) is 5.92. The normalized spacial score (nSPS) is 13.8. The highest BCUT2D eigenvalue weighted by Gasteiger charge is 2.42. The first-order chi connectivity index (χ1) is 6.39. The molecular formula is C9H30O6Si2. The molecule has 1 atom stereocenters. The molecule has 8 heteroatoms. The molecule has 0 aliphatic carbocycles. The van der Waals surface area contributed by atoms with Gasteiger partial charge in [0.1, 0.15) is 13.6 Å². The average Bonchev–Trinajstić information content (AvgIpc) is 2.03. The van der Waals surface area contributed by atoms with Gasteiger partial charge in [0.25, 0.3) is 0 Å². The Hall–Kier alpha value is 0.194. The molecule has 110 valence electrons. The summed E-state index contributed by atoms with van der Waals surface area (Å²) in [6, 6.07) is 0. The van der Waals surface area contributed by atoms with E-state index in [1.807, 2.05) is 0 Å². The predicted octanol–water partition coefficient (Wildman–Crippen LogP) is 1.76. The van der Waals surface area contributed by atoms with E-state index in [0.717, 1.165) is 0 Å². The van der Waals surface area contributed by atoms with Gasteiger partial charge in [-0.25, -0.2) is 0 Å². The Bertz CT molecular complexity index is 170. The van der Waals surface area contributed by atoms with Crippen LogP contribution >= 0.6 is 0 Å². The summed E-state index contributed by atoms with van der Waals surface area (Å²) < 4.78 is 20.6. The van der Waals surface area contributed by atoms with Crippen LogP contribution in [0.3, 0.4) is 0 Å². The number of aliphatic hydroxyl groups is 2. The predicted molar refractivity (Wildman–Crippen MR) is 73.7 cm³/mol. The van der Waals surface area contributed by atoms with Gasteiger partial charge in [-0.2, -0.15) is 0 Å². The number of rotatable bonds is 7. The third-order valence-corrected chi connectivity index (χ3v) is 7.21. The van der Waals surface area contributed by atoms with Crippen molar-refractivity contribution in [2.24, 2.45) is 0 Å². The topological polar surface area (TPSA) is 77.4 Å². The van der Waals surface area contributed by atoms with Crippen LogP contribution in [0.2, 0.25) is 19.6 Å². The Morgan fingerprint density at radius 2 is 1.29 bits per heavy atom. The maximum absolute atomic E-state index is 8.64. The lowest BCUT2D eigenvalue weighted by Gasteiger charge is -2.31. The van der Waals surface area contributed by atoms with E-state index >= 15 is 0 Å². The van der Waals surface area contributed by atoms with Gasteiger partial charge in [0.2, 0.25) is 0 Å². The van der Waals surface area contributed by atoms with Gasteiger partial charge in [0.15, 0.2) is 0 Å². The van der Waals surface area contributed by atoms with E-state index in [-0.39, 0.29) is 22.3 Å². The highest BCUT2D eigenvalue weighted by molar-refractivity contribution is 6.76. The van der Waals surface area contributed by atoms with Crippen LogP contribution in [0.25, 0.3) is 0 Å². The van der Waals surface area contributed by atoms with E-state index in [1.165, 1.54) is 7.11 Å². The standard InChI is InChI=1S/C6H18O6Si2.3CH4/c1-9-14(4,11-6-8)12-13(2,3)10-5-7;;;/h7-8H,5-6H2,1-4H3;3*1H4. The van der Waals surface area contributed by atoms with Crippen molar-refractivity contribution < 1.29 is 27.6 Å². The molecule has 0 heterocycles. The van der Waals surface area contributed by atoms with Crippen molar-refractivity contribution in [2.45, 2.75) is 41.9 Å². The van der Waals surface area contributed by atoms with Crippen molar-refractivity contribution in [1.82, 2.24) is 0 Å². The summed E-state index contributed by atoms with van der Waals surface area (Å²) in [4.78, 5) is 0. The molecule has 0 aromatic heterocycles. The average molecular weight is 291 g/mol. The fraction of sp³-hybridized carbons (Fsp3) is 1.00.